The van der Waals surface area contributed by atoms with E-state index in [0.717, 1.165) is 6.07 Å². The number of Topliss-reactive ketones (excluding diaryl/α,β-unsaturated/α-hetero) is 1. The molecule has 0 heterocycles. The Kier molecular flexibility index (Phi) is 2.81. The second kappa shape index (κ2) is 3.87. The van der Waals surface area contributed by atoms with Gasteiger partial charge in [-0.15, -0.1) is 0 Å². The molecule has 0 atom stereocenters. The molecule has 1 aromatic carbocycles. The minimum Gasteiger partial charge on any atom is -0.494 e. The molecule has 1 rings (SSSR count). The van der Waals surface area contributed by atoms with E-state index in [-0.39, 0.29) is 11.3 Å². The molecule has 1 N–H and O–H groups in total. The van der Waals surface area contributed by atoms with Gasteiger partial charge in [0.2, 0.25) is 0 Å². The van der Waals surface area contributed by atoms with Crippen LogP contribution in [0.4, 0.5) is 4.39 Å². The lowest BCUT2D eigenvalue weighted by molar-refractivity contribution is -0.131. The van der Waals surface area contributed by atoms with Gasteiger partial charge in [0, 0.05) is 5.56 Å². The molecule has 4 nitrogen and oxygen atoms in total. The second-order valence-electron chi connectivity index (χ2n) is 2.48. The van der Waals surface area contributed by atoms with Gasteiger partial charge in [-0.3, -0.25) is 4.79 Å². The first-order chi connectivity index (χ1) is 6.56. The van der Waals surface area contributed by atoms with E-state index in [1.807, 2.05) is 0 Å². The van der Waals surface area contributed by atoms with Crippen molar-refractivity contribution in [2.45, 2.75) is 0 Å². The molecule has 0 aliphatic carbocycles. The summed E-state index contributed by atoms with van der Waals surface area (Å²) in [6, 6.07) is 3.22. The number of benzene rings is 1. The Morgan fingerprint density at radius 3 is 2.50 bits per heavy atom. The van der Waals surface area contributed by atoms with Crippen LogP contribution in [0, 0.1) is 5.82 Å². The summed E-state index contributed by atoms with van der Waals surface area (Å²) in [5, 5.41) is 8.35. The average Bonchev–Trinajstić information content (AvgIpc) is 2.16. The van der Waals surface area contributed by atoms with Gasteiger partial charge >= 0.3 is 5.97 Å². The summed E-state index contributed by atoms with van der Waals surface area (Å²) in [5.41, 5.74) is -0.212. The number of hydrogen-bond acceptors (Lipinski definition) is 3. The van der Waals surface area contributed by atoms with Crippen molar-refractivity contribution < 1.29 is 23.8 Å². The van der Waals surface area contributed by atoms with Crippen LogP contribution in [0.15, 0.2) is 18.2 Å². The minimum absolute atomic E-state index is 0.0352. The summed E-state index contributed by atoms with van der Waals surface area (Å²) in [6.45, 7) is 0. The topological polar surface area (TPSA) is 63.6 Å². The molecule has 14 heavy (non-hydrogen) atoms. The van der Waals surface area contributed by atoms with E-state index in [2.05, 4.69) is 4.74 Å². The van der Waals surface area contributed by atoms with Gasteiger partial charge in [-0.05, 0) is 18.2 Å². The summed E-state index contributed by atoms with van der Waals surface area (Å²) >= 11 is 0. The molecule has 74 valence electrons. The van der Waals surface area contributed by atoms with Crippen LogP contribution in [-0.2, 0) is 4.79 Å². The first-order valence-electron chi connectivity index (χ1n) is 3.67. The Labute approximate surface area is 78.9 Å². The Balaban J connectivity index is 3.09. The largest absolute Gasteiger partial charge is 0.494 e. The smallest absolute Gasteiger partial charge is 0.377 e. The molecule has 1 aromatic rings. The van der Waals surface area contributed by atoms with E-state index < -0.39 is 17.6 Å². The van der Waals surface area contributed by atoms with Crippen molar-refractivity contribution in [3.63, 3.8) is 0 Å². The third-order valence-corrected chi connectivity index (χ3v) is 1.61. The number of methoxy groups -OCH3 is 1. The molecule has 0 aromatic heterocycles. The standard InChI is InChI=1S/C9H7FO4/c1-14-7-3-2-5(4-6(7)10)8(11)9(12)13/h2-4H,1H3,(H,12,13). The lowest BCUT2D eigenvalue weighted by Gasteiger charge is -2.02. The molecule has 0 amide bonds. The summed E-state index contributed by atoms with van der Waals surface area (Å²) in [6.07, 6.45) is 0. The van der Waals surface area contributed by atoms with Crippen LogP contribution in [0.5, 0.6) is 5.75 Å². The second-order valence-corrected chi connectivity index (χ2v) is 2.48. The number of ketones is 1. The number of halogens is 1. The number of aliphatic carboxylic acids is 1. The highest BCUT2D eigenvalue weighted by molar-refractivity contribution is 6.39. The lowest BCUT2D eigenvalue weighted by atomic mass is 10.1. The van der Waals surface area contributed by atoms with Crippen molar-refractivity contribution in [3.8, 4) is 5.75 Å². The van der Waals surface area contributed by atoms with Gasteiger partial charge in [0.15, 0.2) is 11.6 Å². The van der Waals surface area contributed by atoms with Crippen LogP contribution >= 0.6 is 0 Å². The molecular formula is C9H7FO4. The summed E-state index contributed by atoms with van der Waals surface area (Å²) in [7, 11) is 1.27. The molecule has 0 saturated heterocycles. The first-order valence-corrected chi connectivity index (χ1v) is 3.67. The Morgan fingerprint density at radius 2 is 2.07 bits per heavy atom. The quantitative estimate of drug-likeness (QED) is 0.583. The minimum atomic E-state index is -1.62. The number of carbonyl (C=O) groups is 2. The van der Waals surface area contributed by atoms with Gasteiger partial charge in [-0.2, -0.15) is 0 Å². The normalized spacial score (nSPS) is 9.57. The van der Waals surface area contributed by atoms with E-state index >= 15 is 0 Å². The molecule has 0 aliphatic rings. The van der Waals surface area contributed by atoms with Gasteiger partial charge in [-0.1, -0.05) is 0 Å². The average molecular weight is 198 g/mol. The highest BCUT2D eigenvalue weighted by Crippen LogP contribution is 2.17. The lowest BCUT2D eigenvalue weighted by Crippen LogP contribution is -2.12. The van der Waals surface area contributed by atoms with Crippen LogP contribution in [0.3, 0.4) is 0 Å². The van der Waals surface area contributed by atoms with Crippen molar-refractivity contribution >= 4 is 11.8 Å². The number of ether oxygens (including phenoxy) is 1. The molecule has 0 fully saturated rings. The number of carboxylic acids is 1. The zero-order valence-corrected chi connectivity index (χ0v) is 7.28. The fourth-order valence-corrected chi connectivity index (χ4v) is 0.931. The third-order valence-electron chi connectivity index (χ3n) is 1.61. The Morgan fingerprint density at radius 1 is 1.43 bits per heavy atom. The van der Waals surface area contributed by atoms with E-state index in [1.54, 1.807) is 0 Å². The molecule has 0 saturated carbocycles. The predicted octanol–water partition coefficient (Wildman–Crippen LogP) is 1.10. The Bertz CT molecular complexity index is 386. The summed E-state index contributed by atoms with van der Waals surface area (Å²) in [4.78, 5) is 21.2. The zero-order valence-electron chi connectivity index (χ0n) is 7.28. The molecule has 5 heteroatoms. The fraction of sp³-hybridized carbons (Fsp3) is 0.111. The maximum Gasteiger partial charge on any atom is 0.377 e. The van der Waals surface area contributed by atoms with Crippen molar-refractivity contribution in [1.82, 2.24) is 0 Å². The van der Waals surface area contributed by atoms with E-state index in [9.17, 15) is 14.0 Å². The van der Waals surface area contributed by atoms with Crippen LogP contribution in [0.1, 0.15) is 10.4 Å². The van der Waals surface area contributed by atoms with Gasteiger partial charge in [-0.25, -0.2) is 9.18 Å². The van der Waals surface area contributed by atoms with Crippen molar-refractivity contribution in [2.75, 3.05) is 7.11 Å². The fourth-order valence-electron chi connectivity index (χ4n) is 0.931. The van der Waals surface area contributed by atoms with Crippen LogP contribution < -0.4 is 4.74 Å². The SMILES string of the molecule is COc1ccc(C(=O)C(=O)O)cc1F. The highest BCUT2D eigenvalue weighted by atomic mass is 19.1. The van der Waals surface area contributed by atoms with Gasteiger partial charge in [0.25, 0.3) is 5.78 Å². The maximum absolute atomic E-state index is 13.0. The van der Waals surface area contributed by atoms with Gasteiger partial charge in [0.05, 0.1) is 7.11 Å². The number of hydrogen-bond donors (Lipinski definition) is 1. The highest BCUT2D eigenvalue weighted by Gasteiger charge is 2.16. The molecule has 0 aliphatic heterocycles. The summed E-state index contributed by atoms with van der Waals surface area (Å²) in [5.74, 6) is -3.56. The number of carbonyl (C=O) groups excluding carboxylic acids is 1. The molecular weight excluding hydrogens is 191 g/mol. The predicted molar refractivity (Wildman–Crippen MR) is 44.9 cm³/mol. The zero-order chi connectivity index (χ0) is 10.7. The van der Waals surface area contributed by atoms with Gasteiger partial charge in [0.1, 0.15) is 0 Å². The summed E-state index contributed by atoms with van der Waals surface area (Å²) < 4.78 is 17.6. The van der Waals surface area contributed by atoms with E-state index in [1.165, 1.54) is 19.2 Å². The number of carboxylic acid groups (broad SMARTS) is 1. The molecule has 0 unspecified atom stereocenters. The Hall–Kier alpha value is -1.91. The maximum atomic E-state index is 13.0. The first kappa shape index (κ1) is 10.2. The van der Waals surface area contributed by atoms with Crippen LogP contribution in [0.25, 0.3) is 0 Å². The van der Waals surface area contributed by atoms with Crippen molar-refractivity contribution in [1.29, 1.82) is 0 Å². The van der Waals surface area contributed by atoms with Crippen LogP contribution in [-0.4, -0.2) is 24.0 Å². The van der Waals surface area contributed by atoms with Crippen molar-refractivity contribution in [2.24, 2.45) is 0 Å². The number of rotatable bonds is 3. The van der Waals surface area contributed by atoms with Gasteiger partial charge < -0.3 is 9.84 Å². The monoisotopic (exact) mass is 198 g/mol. The van der Waals surface area contributed by atoms with E-state index in [0.29, 0.717) is 0 Å². The van der Waals surface area contributed by atoms with E-state index in [4.69, 9.17) is 5.11 Å². The molecule has 0 radical (unpaired) electrons. The van der Waals surface area contributed by atoms with Crippen LogP contribution in [0.2, 0.25) is 0 Å². The third kappa shape index (κ3) is 1.87. The molecule has 0 bridgehead atoms. The van der Waals surface area contributed by atoms with Crippen molar-refractivity contribution in [3.05, 3.63) is 29.6 Å². The molecule has 0 spiro atoms.